The van der Waals surface area contributed by atoms with Crippen molar-refractivity contribution in [3.8, 4) is 5.88 Å². The van der Waals surface area contributed by atoms with Gasteiger partial charge in [-0.05, 0) is 24.6 Å². The molecule has 1 aliphatic heterocycles. The van der Waals surface area contributed by atoms with E-state index in [1.54, 1.807) is 31.2 Å². The van der Waals surface area contributed by atoms with Crippen molar-refractivity contribution in [3.05, 3.63) is 80.7 Å². The molecule has 0 spiro atoms. The molecule has 4 aromatic rings. The van der Waals surface area contributed by atoms with E-state index in [0.717, 1.165) is 5.56 Å². The van der Waals surface area contributed by atoms with Crippen LogP contribution in [0, 0.1) is 22.9 Å². The minimum Gasteiger partial charge on any atom is -0.492 e. The predicted octanol–water partition coefficient (Wildman–Crippen LogP) is 3.76. The van der Waals surface area contributed by atoms with Gasteiger partial charge in [0.15, 0.2) is 0 Å². The summed E-state index contributed by atoms with van der Waals surface area (Å²) in [6.07, 6.45) is 0. The Bertz CT molecular complexity index is 1310. The van der Waals surface area contributed by atoms with Crippen LogP contribution >= 0.6 is 11.3 Å². The second kappa shape index (κ2) is 8.41. The molecule has 1 unspecified atom stereocenters. The normalized spacial score (nSPS) is 15.8. The van der Waals surface area contributed by atoms with E-state index in [2.05, 4.69) is 15.0 Å². The molecule has 5 rings (SSSR count). The van der Waals surface area contributed by atoms with Crippen molar-refractivity contribution in [1.82, 2.24) is 19.5 Å². The van der Waals surface area contributed by atoms with Crippen LogP contribution in [0.2, 0.25) is 0 Å². The van der Waals surface area contributed by atoms with Gasteiger partial charge in [-0.15, -0.1) is 5.10 Å². The number of hydrogen-bond donors (Lipinski definition) is 1. The first-order chi connectivity index (χ1) is 15.9. The van der Waals surface area contributed by atoms with Gasteiger partial charge in [0.25, 0.3) is 5.69 Å². The second-order valence-electron chi connectivity index (χ2n) is 7.87. The number of para-hydroxylation sites is 1. The molecule has 1 fully saturated rings. The summed E-state index contributed by atoms with van der Waals surface area (Å²) in [4.78, 5) is 20.5. The van der Waals surface area contributed by atoms with Crippen molar-refractivity contribution in [1.29, 1.82) is 0 Å². The van der Waals surface area contributed by atoms with Crippen molar-refractivity contribution in [2.45, 2.75) is 13.0 Å². The molecule has 0 amide bonds. The average molecular weight is 469 g/mol. The lowest BCUT2D eigenvalue weighted by Gasteiger charge is -2.40. The Labute approximate surface area is 192 Å². The maximum atomic E-state index is 14.3. The van der Waals surface area contributed by atoms with E-state index in [-0.39, 0.29) is 23.4 Å². The molecule has 0 saturated carbocycles. The van der Waals surface area contributed by atoms with Gasteiger partial charge in [-0.25, -0.2) is 9.37 Å². The highest BCUT2D eigenvalue weighted by molar-refractivity contribution is 7.17. The van der Waals surface area contributed by atoms with Gasteiger partial charge in [-0.3, -0.25) is 15.0 Å². The first-order valence-electron chi connectivity index (χ1n) is 10.5. The van der Waals surface area contributed by atoms with E-state index in [9.17, 15) is 19.6 Å². The molecule has 2 aromatic heterocycles. The van der Waals surface area contributed by atoms with Gasteiger partial charge < -0.3 is 10.0 Å². The maximum absolute atomic E-state index is 14.3. The van der Waals surface area contributed by atoms with Crippen molar-refractivity contribution >= 4 is 27.7 Å². The number of hydrogen-bond acceptors (Lipinski definition) is 8. The van der Waals surface area contributed by atoms with Crippen molar-refractivity contribution in [2.24, 2.45) is 0 Å². The molecule has 0 aliphatic carbocycles. The number of nitrogens with zero attached hydrogens (tertiary/aromatic N) is 6. The van der Waals surface area contributed by atoms with Crippen molar-refractivity contribution < 1.29 is 14.4 Å². The number of nitro benzene ring substituents is 1. The highest BCUT2D eigenvalue weighted by Crippen LogP contribution is 2.40. The first-order valence-corrected chi connectivity index (χ1v) is 11.3. The summed E-state index contributed by atoms with van der Waals surface area (Å²) in [5.74, 6) is 0.320. The fraction of sp³-hybridized carbons (Fsp3) is 0.273. The molecule has 1 N–H and O–H groups in total. The number of benzene rings is 2. The van der Waals surface area contributed by atoms with Crippen LogP contribution in [0.3, 0.4) is 0 Å². The Morgan fingerprint density at radius 2 is 1.82 bits per heavy atom. The molecule has 1 saturated heterocycles. The van der Waals surface area contributed by atoms with Gasteiger partial charge in [-0.1, -0.05) is 35.6 Å². The van der Waals surface area contributed by atoms with Crippen molar-refractivity contribution in [3.63, 3.8) is 0 Å². The molecule has 3 heterocycles. The van der Waals surface area contributed by atoms with Gasteiger partial charge in [0.1, 0.15) is 11.6 Å². The van der Waals surface area contributed by atoms with E-state index in [4.69, 9.17) is 0 Å². The van der Waals surface area contributed by atoms with Crippen LogP contribution in [0.1, 0.15) is 22.3 Å². The summed E-state index contributed by atoms with van der Waals surface area (Å²) in [6.45, 7) is 4.19. The Hall–Kier alpha value is -3.57. The summed E-state index contributed by atoms with van der Waals surface area (Å²) in [7, 11) is 0. The van der Waals surface area contributed by atoms with Crippen LogP contribution in [0.4, 0.5) is 15.8 Å². The summed E-state index contributed by atoms with van der Waals surface area (Å²) >= 11 is 1.34. The quantitative estimate of drug-likeness (QED) is 0.352. The summed E-state index contributed by atoms with van der Waals surface area (Å²) in [5.41, 5.74) is 1.39. The number of non-ortho nitro benzene ring substituents is 1. The van der Waals surface area contributed by atoms with Gasteiger partial charge in [0, 0.05) is 38.3 Å². The van der Waals surface area contributed by atoms with Gasteiger partial charge >= 0.3 is 0 Å². The number of aromatic nitrogens is 3. The van der Waals surface area contributed by atoms with E-state index in [1.165, 1.54) is 34.1 Å². The molecule has 9 nitrogen and oxygen atoms in total. The summed E-state index contributed by atoms with van der Waals surface area (Å²) in [5, 5.41) is 26.3. The number of rotatable bonds is 5. The Morgan fingerprint density at radius 1 is 1.12 bits per heavy atom. The molecular formula is C22H21FN6O3S. The third-order valence-corrected chi connectivity index (χ3v) is 6.92. The minimum atomic E-state index is -0.435. The van der Waals surface area contributed by atoms with E-state index < -0.39 is 4.92 Å². The molecule has 2 aromatic carbocycles. The Morgan fingerprint density at radius 3 is 2.45 bits per heavy atom. The zero-order chi connectivity index (χ0) is 23.1. The molecule has 0 bridgehead atoms. The largest absolute Gasteiger partial charge is 0.492 e. The van der Waals surface area contributed by atoms with E-state index in [0.29, 0.717) is 47.5 Å². The van der Waals surface area contributed by atoms with Crippen LogP contribution in [0.15, 0.2) is 48.5 Å². The third kappa shape index (κ3) is 3.89. The number of anilines is 1. The Kier molecular flexibility index (Phi) is 5.43. The topological polar surface area (TPSA) is 100 Å². The number of piperazine rings is 1. The maximum Gasteiger partial charge on any atom is 0.269 e. The third-order valence-electron chi connectivity index (χ3n) is 5.85. The monoisotopic (exact) mass is 468 g/mol. The van der Waals surface area contributed by atoms with Gasteiger partial charge in [-0.2, -0.15) is 4.52 Å². The number of aryl methyl sites for hydroxylation is 1. The molecule has 0 radical (unpaired) electrons. The van der Waals surface area contributed by atoms with Crippen LogP contribution < -0.4 is 4.90 Å². The SMILES string of the molecule is Cc1nc2sc(C(c3ccc([N+](=O)[O-])cc3)N3CCN(c4ccccc4F)CC3)c(O)n2n1. The number of halogens is 1. The summed E-state index contributed by atoms with van der Waals surface area (Å²) in [6, 6.07) is 12.7. The van der Waals surface area contributed by atoms with Crippen LogP contribution in [0.5, 0.6) is 5.88 Å². The van der Waals surface area contributed by atoms with Gasteiger partial charge in [0.2, 0.25) is 10.8 Å². The highest BCUT2D eigenvalue weighted by atomic mass is 32.1. The predicted molar refractivity (Wildman–Crippen MR) is 122 cm³/mol. The lowest BCUT2D eigenvalue weighted by molar-refractivity contribution is -0.384. The molecule has 1 atom stereocenters. The zero-order valence-electron chi connectivity index (χ0n) is 17.8. The van der Waals surface area contributed by atoms with Crippen LogP contribution in [0.25, 0.3) is 4.96 Å². The number of nitro groups is 1. The molecular weight excluding hydrogens is 447 g/mol. The second-order valence-corrected chi connectivity index (χ2v) is 8.88. The molecule has 33 heavy (non-hydrogen) atoms. The van der Waals surface area contributed by atoms with Crippen molar-refractivity contribution in [2.75, 3.05) is 31.1 Å². The van der Waals surface area contributed by atoms with E-state index >= 15 is 0 Å². The van der Waals surface area contributed by atoms with Crippen LogP contribution in [-0.4, -0.2) is 55.7 Å². The van der Waals surface area contributed by atoms with Gasteiger partial charge in [0.05, 0.1) is 21.5 Å². The summed E-state index contributed by atoms with van der Waals surface area (Å²) < 4.78 is 15.7. The lowest BCUT2D eigenvalue weighted by Crippen LogP contribution is -2.48. The molecule has 170 valence electrons. The lowest BCUT2D eigenvalue weighted by atomic mass is 10.0. The average Bonchev–Trinajstić information content (AvgIpc) is 3.32. The number of aromatic hydroxyl groups is 1. The molecule has 11 heteroatoms. The smallest absolute Gasteiger partial charge is 0.269 e. The zero-order valence-corrected chi connectivity index (χ0v) is 18.6. The Balaban J connectivity index is 1.49. The fourth-order valence-corrected chi connectivity index (χ4v) is 5.42. The minimum absolute atomic E-state index is 0.00404. The standard InChI is InChI=1S/C22H21FN6O3S/c1-14-24-22-28(25-14)21(30)20(33-22)19(15-6-8-16(9-7-15)29(31)32)27-12-10-26(11-13-27)18-5-3-2-4-17(18)23/h2-9,19,30H,10-13H2,1H3. The highest BCUT2D eigenvalue weighted by Gasteiger charge is 2.32. The number of thiazole rings is 1. The van der Waals surface area contributed by atoms with Crippen LogP contribution in [-0.2, 0) is 0 Å². The number of fused-ring (bicyclic) bond motifs is 1. The molecule has 1 aliphatic rings. The first kappa shape index (κ1) is 21.3. The fourth-order valence-electron chi connectivity index (χ4n) is 4.26. The van der Waals surface area contributed by atoms with E-state index in [1.807, 2.05) is 11.0 Å².